The Morgan fingerprint density at radius 2 is 2.12 bits per heavy atom. The van der Waals surface area contributed by atoms with E-state index in [2.05, 4.69) is 20.4 Å². The summed E-state index contributed by atoms with van der Waals surface area (Å²) < 4.78 is 10.8. The first-order valence-electron chi connectivity index (χ1n) is 8.38. The van der Waals surface area contributed by atoms with Gasteiger partial charge in [0.25, 0.3) is 5.91 Å². The smallest absolute Gasteiger partial charge is 0.331 e. The lowest BCUT2D eigenvalue weighted by Crippen LogP contribution is -2.35. The molecule has 1 unspecified atom stereocenters. The van der Waals surface area contributed by atoms with Gasteiger partial charge in [0.05, 0.1) is 31.0 Å². The highest BCUT2D eigenvalue weighted by Crippen LogP contribution is 2.21. The van der Waals surface area contributed by atoms with E-state index < -0.39 is 17.9 Å². The number of carbonyl (C=O) groups is 2. The summed E-state index contributed by atoms with van der Waals surface area (Å²) in [6, 6.07) is 0.456. The van der Waals surface area contributed by atoms with E-state index in [1.165, 1.54) is 6.26 Å². The van der Waals surface area contributed by atoms with Crippen molar-refractivity contribution < 1.29 is 23.8 Å². The van der Waals surface area contributed by atoms with E-state index in [1.807, 2.05) is 0 Å². The Kier molecular flexibility index (Phi) is 5.38. The second-order valence-corrected chi connectivity index (χ2v) is 6.28. The average Bonchev–Trinajstić information content (AvgIpc) is 3.20. The van der Waals surface area contributed by atoms with Crippen LogP contribution in [0.5, 0.6) is 0 Å². The number of morpholine rings is 1. The maximum absolute atomic E-state index is 12.5. The molecule has 3 heterocycles. The van der Waals surface area contributed by atoms with Crippen molar-refractivity contribution in [2.75, 3.05) is 26.3 Å². The predicted molar refractivity (Wildman–Crippen MR) is 90.7 cm³/mol. The Morgan fingerprint density at radius 1 is 1.38 bits per heavy atom. The van der Waals surface area contributed by atoms with Crippen molar-refractivity contribution in [3.8, 4) is 0 Å². The Morgan fingerprint density at radius 3 is 2.73 bits per heavy atom. The monoisotopic (exact) mass is 362 g/mol. The number of nitrogens with one attached hydrogen (secondary N) is 2. The minimum absolute atomic E-state index is 0.290. The molecule has 26 heavy (non-hydrogen) atoms. The van der Waals surface area contributed by atoms with Crippen LogP contribution in [0, 0.1) is 13.8 Å². The second kappa shape index (κ2) is 7.71. The van der Waals surface area contributed by atoms with Gasteiger partial charge >= 0.3 is 5.97 Å². The summed E-state index contributed by atoms with van der Waals surface area (Å²) >= 11 is 0. The number of carboxylic acids is 1. The molecule has 9 nitrogen and oxygen atoms in total. The molecule has 1 saturated heterocycles. The summed E-state index contributed by atoms with van der Waals surface area (Å²) in [5.74, 6) is -1.00. The first-order valence-corrected chi connectivity index (χ1v) is 8.38. The number of carbonyl (C=O) groups excluding carboxylic acids is 1. The number of ether oxygens (including phenoxy) is 1. The zero-order valence-electron chi connectivity index (χ0n) is 14.7. The minimum atomic E-state index is -1.18. The van der Waals surface area contributed by atoms with Crippen molar-refractivity contribution in [3.05, 3.63) is 40.6 Å². The summed E-state index contributed by atoms with van der Waals surface area (Å²) in [6.07, 6.45) is 1.35. The normalized spacial score (nSPS) is 16.4. The SMILES string of the molecule is Cc1n[nH]c(C)c1C(NC(=O)c1coc(CN2CCOCC2)c1)C(=O)O. The summed E-state index contributed by atoms with van der Waals surface area (Å²) in [5, 5.41) is 18.8. The summed E-state index contributed by atoms with van der Waals surface area (Å²) in [5.41, 5.74) is 1.90. The van der Waals surface area contributed by atoms with Crippen molar-refractivity contribution in [1.82, 2.24) is 20.4 Å². The van der Waals surface area contributed by atoms with Crippen LogP contribution >= 0.6 is 0 Å². The molecular formula is C17H22N4O5. The van der Waals surface area contributed by atoms with Gasteiger partial charge in [0.2, 0.25) is 0 Å². The van der Waals surface area contributed by atoms with E-state index in [-0.39, 0.29) is 0 Å². The van der Waals surface area contributed by atoms with Crippen LogP contribution in [0.1, 0.15) is 39.1 Å². The lowest BCUT2D eigenvalue weighted by Gasteiger charge is -2.25. The van der Waals surface area contributed by atoms with Gasteiger partial charge in [-0.15, -0.1) is 0 Å². The topological polar surface area (TPSA) is 121 Å². The van der Waals surface area contributed by atoms with Gasteiger partial charge in [-0.3, -0.25) is 14.8 Å². The number of aliphatic carboxylic acids is 1. The number of aryl methyl sites for hydroxylation is 2. The van der Waals surface area contributed by atoms with Gasteiger partial charge in [0.1, 0.15) is 12.0 Å². The lowest BCUT2D eigenvalue weighted by atomic mass is 10.0. The molecule has 0 saturated carbocycles. The van der Waals surface area contributed by atoms with Gasteiger partial charge in [-0.25, -0.2) is 4.79 Å². The summed E-state index contributed by atoms with van der Waals surface area (Å²) in [6.45, 7) is 6.97. The van der Waals surface area contributed by atoms with Crippen LogP contribution in [0.3, 0.4) is 0 Å². The maximum atomic E-state index is 12.5. The van der Waals surface area contributed by atoms with Crippen LogP contribution in [0.4, 0.5) is 0 Å². The fourth-order valence-electron chi connectivity index (χ4n) is 3.02. The Labute approximate surface area is 150 Å². The molecule has 0 aromatic carbocycles. The quantitative estimate of drug-likeness (QED) is 0.701. The van der Waals surface area contributed by atoms with Gasteiger partial charge in [0.15, 0.2) is 6.04 Å². The molecule has 9 heteroatoms. The van der Waals surface area contributed by atoms with Crippen LogP contribution < -0.4 is 5.32 Å². The molecule has 1 aliphatic rings. The molecule has 1 atom stereocenters. The molecule has 0 spiro atoms. The molecule has 2 aromatic heterocycles. The van der Waals surface area contributed by atoms with Gasteiger partial charge in [-0.05, 0) is 19.9 Å². The number of rotatable bonds is 6. The van der Waals surface area contributed by atoms with E-state index in [0.29, 0.717) is 48.0 Å². The maximum Gasteiger partial charge on any atom is 0.331 e. The third kappa shape index (κ3) is 3.94. The Hall–Kier alpha value is -2.65. The number of amides is 1. The molecule has 0 aliphatic carbocycles. The van der Waals surface area contributed by atoms with Gasteiger partial charge < -0.3 is 19.6 Å². The van der Waals surface area contributed by atoms with Gasteiger partial charge in [-0.1, -0.05) is 0 Å². The highest BCUT2D eigenvalue weighted by molar-refractivity contribution is 5.96. The van der Waals surface area contributed by atoms with Gasteiger partial charge in [0, 0.05) is 24.3 Å². The van der Waals surface area contributed by atoms with Crippen molar-refractivity contribution in [2.24, 2.45) is 0 Å². The van der Waals surface area contributed by atoms with Crippen LogP contribution in [0.25, 0.3) is 0 Å². The number of carboxylic acid groups (broad SMARTS) is 1. The summed E-state index contributed by atoms with van der Waals surface area (Å²) in [7, 11) is 0. The molecule has 1 aliphatic heterocycles. The molecular weight excluding hydrogens is 340 g/mol. The van der Waals surface area contributed by atoms with Crippen LogP contribution in [-0.2, 0) is 16.1 Å². The number of aromatic nitrogens is 2. The second-order valence-electron chi connectivity index (χ2n) is 6.28. The number of H-pyrrole nitrogens is 1. The van der Waals surface area contributed by atoms with Crippen LogP contribution in [-0.4, -0.2) is 58.4 Å². The Bertz CT molecular complexity index is 771. The van der Waals surface area contributed by atoms with Crippen molar-refractivity contribution >= 4 is 11.9 Å². The standard InChI is InChI=1S/C17H22N4O5/c1-10-14(11(2)20-19-10)15(17(23)24)18-16(22)12-7-13(26-9-12)8-21-3-5-25-6-4-21/h7,9,15H,3-6,8H2,1-2H3,(H,18,22)(H,19,20)(H,23,24). The van der Waals surface area contributed by atoms with E-state index >= 15 is 0 Å². The Balaban J connectivity index is 1.69. The number of furan rings is 1. The molecule has 3 rings (SSSR count). The van der Waals surface area contributed by atoms with Crippen molar-refractivity contribution in [2.45, 2.75) is 26.4 Å². The molecule has 2 aromatic rings. The summed E-state index contributed by atoms with van der Waals surface area (Å²) in [4.78, 5) is 26.3. The average molecular weight is 362 g/mol. The van der Waals surface area contributed by atoms with E-state index in [9.17, 15) is 14.7 Å². The first-order chi connectivity index (χ1) is 12.5. The zero-order valence-corrected chi connectivity index (χ0v) is 14.7. The molecule has 1 amide bonds. The van der Waals surface area contributed by atoms with Crippen LogP contribution in [0.15, 0.2) is 16.7 Å². The third-order valence-corrected chi connectivity index (χ3v) is 4.40. The number of nitrogens with zero attached hydrogens (tertiary/aromatic N) is 2. The predicted octanol–water partition coefficient (Wildman–Crippen LogP) is 1.01. The largest absolute Gasteiger partial charge is 0.479 e. The molecule has 1 fully saturated rings. The third-order valence-electron chi connectivity index (χ3n) is 4.40. The molecule has 0 radical (unpaired) electrons. The van der Waals surface area contributed by atoms with Crippen LogP contribution in [0.2, 0.25) is 0 Å². The van der Waals surface area contributed by atoms with E-state index in [1.54, 1.807) is 19.9 Å². The fourth-order valence-corrected chi connectivity index (χ4v) is 3.02. The van der Waals surface area contributed by atoms with Crippen molar-refractivity contribution in [1.29, 1.82) is 0 Å². The lowest BCUT2D eigenvalue weighted by molar-refractivity contribution is -0.139. The minimum Gasteiger partial charge on any atom is -0.479 e. The number of aromatic amines is 1. The molecule has 3 N–H and O–H groups in total. The highest BCUT2D eigenvalue weighted by Gasteiger charge is 2.28. The first kappa shape index (κ1) is 18.2. The highest BCUT2D eigenvalue weighted by atomic mass is 16.5. The van der Waals surface area contributed by atoms with Gasteiger partial charge in [-0.2, -0.15) is 5.10 Å². The van der Waals surface area contributed by atoms with E-state index in [4.69, 9.17) is 9.15 Å². The van der Waals surface area contributed by atoms with E-state index in [0.717, 1.165) is 13.1 Å². The molecule has 0 bridgehead atoms. The fraction of sp³-hybridized carbons (Fsp3) is 0.471. The molecule has 140 valence electrons. The van der Waals surface area contributed by atoms with Crippen molar-refractivity contribution in [3.63, 3.8) is 0 Å². The number of hydrogen-bond donors (Lipinski definition) is 3. The zero-order chi connectivity index (χ0) is 18.7. The number of hydrogen-bond acceptors (Lipinski definition) is 6.